The molecule has 2 aliphatic rings. The minimum atomic E-state index is -0.0116. The molecule has 0 spiro atoms. The number of guanidine groups is 1. The zero-order chi connectivity index (χ0) is 23.0. The molecule has 0 radical (unpaired) electrons. The Balaban J connectivity index is 1.33. The number of carbonyl (C=O) groups is 1. The molecular weight excluding hydrogens is 412 g/mol. The maximum Gasteiger partial charge on any atom is 0.321 e. The van der Waals surface area contributed by atoms with Crippen LogP contribution in [0.4, 0.5) is 16.2 Å². The van der Waals surface area contributed by atoms with Gasteiger partial charge in [-0.3, -0.25) is 0 Å². The predicted molar refractivity (Wildman–Crippen MR) is 136 cm³/mol. The van der Waals surface area contributed by atoms with Crippen LogP contribution in [0.25, 0.3) is 0 Å². The van der Waals surface area contributed by atoms with Crippen molar-refractivity contribution < 1.29 is 4.79 Å². The predicted octanol–water partition coefficient (Wildman–Crippen LogP) is 3.96. The summed E-state index contributed by atoms with van der Waals surface area (Å²) in [6.45, 7) is 9.26. The Morgan fingerprint density at radius 3 is 2.64 bits per heavy atom. The number of hydrogen-bond donors (Lipinski definition) is 3. The van der Waals surface area contributed by atoms with Crippen molar-refractivity contribution in [2.75, 3.05) is 42.9 Å². The fourth-order valence-corrected chi connectivity index (χ4v) is 4.42. The van der Waals surface area contributed by atoms with Crippen molar-refractivity contribution in [3.8, 4) is 0 Å². The number of nitrogens with zero attached hydrogens (tertiary/aromatic N) is 3. The van der Waals surface area contributed by atoms with Crippen LogP contribution in [0.5, 0.6) is 0 Å². The minimum Gasteiger partial charge on any atom is -0.369 e. The lowest BCUT2D eigenvalue weighted by Gasteiger charge is -2.20. The van der Waals surface area contributed by atoms with E-state index < -0.39 is 0 Å². The number of urea groups is 1. The number of amides is 2. The number of benzene rings is 2. The molecule has 0 bridgehead atoms. The quantitative estimate of drug-likeness (QED) is 0.462. The lowest BCUT2D eigenvalue weighted by molar-refractivity contribution is 0.222. The van der Waals surface area contributed by atoms with Gasteiger partial charge in [0.1, 0.15) is 0 Å². The second-order valence-corrected chi connectivity index (χ2v) is 8.93. The van der Waals surface area contributed by atoms with Crippen molar-refractivity contribution in [1.82, 2.24) is 15.5 Å². The maximum atomic E-state index is 12.4. The average Bonchev–Trinajstić information content (AvgIpc) is 3.51. The maximum absolute atomic E-state index is 12.4. The number of rotatable bonds is 6. The molecule has 4 rings (SSSR count). The van der Waals surface area contributed by atoms with Crippen molar-refractivity contribution in [1.29, 1.82) is 0 Å². The van der Waals surface area contributed by atoms with Gasteiger partial charge in [-0.2, -0.15) is 0 Å². The first kappa shape index (κ1) is 23.0. The summed E-state index contributed by atoms with van der Waals surface area (Å²) in [6, 6.07) is 17.1. The summed E-state index contributed by atoms with van der Waals surface area (Å²) in [7, 11) is 0. The van der Waals surface area contributed by atoms with E-state index in [9.17, 15) is 4.79 Å². The van der Waals surface area contributed by atoms with E-state index in [0.717, 1.165) is 69.2 Å². The molecule has 2 fully saturated rings. The van der Waals surface area contributed by atoms with Crippen molar-refractivity contribution in [3.63, 3.8) is 0 Å². The number of aliphatic imine (C=N–C) groups is 1. The van der Waals surface area contributed by atoms with E-state index in [1.165, 1.54) is 11.3 Å². The Labute approximate surface area is 197 Å². The van der Waals surface area contributed by atoms with Crippen molar-refractivity contribution >= 4 is 23.4 Å². The van der Waals surface area contributed by atoms with Crippen LogP contribution in [0.3, 0.4) is 0 Å². The van der Waals surface area contributed by atoms with E-state index in [-0.39, 0.29) is 6.03 Å². The van der Waals surface area contributed by atoms with Gasteiger partial charge < -0.3 is 25.8 Å². The van der Waals surface area contributed by atoms with E-state index in [0.29, 0.717) is 12.6 Å². The lowest BCUT2D eigenvalue weighted by Crippen LogP contribution is -2.44. The molecule has 176 valence electrons. The summed E-state index contributed by atoms with van der Waals surface area (Å²) in [6.07, 6.45) is 3.26. The van der Waals surface area contributed by atoms with Gasteiger partial charge in [0.15, 0.2) is 5.96 Å². The van der Waals surface area contributed by atoms with Crippen LogP contribution >= 0.6 is 0 Å². The molecule has 1 atom stereocenters. The highest BCUT2D eigenvalue weighted by Gasteiger charge is 2.23. The molecule has 2 aliphatic heterocycles. The summed E-state index contributed by atoms with van der Waals surface area (Å²) in [4.78, 5) is 21.5. The fraction of sp³-hybridized carbons (Fsp3) is 0.462. The first-order chi connectivity index (χ1) is 16.1. The zero-order valence-electron chi connectivity index (χ0n) is 19.8. The molecule has 0 saturated carbocycles. The van der Waals surface area contributed by atoms with Crippen molar-refractivity contribution in [2.45, 2.75) is 45.7 Å². The zero-order valence-corrected chi connectivity index (χ0v) is 19.8. The van der Waals surface area contributed by atoms with E-state index in [4.69, 9.17) is 4.99 Å². The monoisotopic (exact) mass is 448 g/mol. The highest BCUT2D eigenvalue weighted by molar-refractivity contribution is 5.89. The summed E-state index contributed by atoms with van der Waals surface area (Å²) in [5, 5.41) is 9.99. The molecule has 1 unspecified atom stereocenters. The Morgan fingerprint density at radius 1 is 1.09 bits per heavy atom. The summed E-state index contributed by atoms with van der Waals surface area (Å²) in [5.41, 5.74) is 4.45. The van der Waals surface area contributed by atoms with Crippen LogP contribution in [-0.4, -0.2) is 55.7 Å². The van der Waals surface area contributed by atoms with E-state index in [1.54, 1.807) is 0 Å². The van der Waals surface area contributed by atoms with Gasteiger partial charge in [-0.05, 0) is 62.9 Å². The van der Waals surface area contributed by atoms with Gasteiger partial charge in [0.25, 0.3) is 0 Å². The average molecular weight is 449 g/mol. The molecule has 33 heavy (non-hydrogen) atoms. The third-order valence-corrected chi connectivity index (χ3v) is 6.26. The van der Waals surface area contributed by atoms with Crippen LogP contribution in [0.15, 0.2) is 53.5 Å². The Kier molecular flexibility index (Phi) is 7.70. The summed E-state index contributed by atoms with van der Waals surface area (Å²) in [5.74, 6) is 0.833. The SMILES string of the molecule is CCNC(=NCc1cccc(NC(=O)N2CCCC2)c1)NC1CCN(c2ccc(C)cc2)C1. The van der Waals surface area contributed by atoms with Gasteiger partial charge in [-0.1, -0.05) is 29.8 Å². The van der Waals surface area contributed by atoms with Gasteiger partial charge in [-0.15, -0.1) is 0 Å². The highest BCUT2D eigenvalue weighted by atomic mass is 16.2. The first-order valence-corrected chi connectivity index (χ1v) is 12.1. The van der Waals surface area contributed by atoms with Gasteiger partial charge in [-0.25, -0.2) is 9.79 Å². The number of nitrogens with one attached hydrogen (secondary N) is 3. The van der Waals surface area contributed by atoms with Crippen molar-refractivity contribution in [2.24, 2.45) is 4.99 Å². The molecular formula is C26H36N6O. The first-order valence-electron chi connectivity index (χ1n) is 12.1. The molecule has 2 aromatic rings. The topological polar surface area (TPSA) is 72.0 Å². The van der Waals surface area contributed by atoms with E-state index in [2.05, 4.69) is 59.0 Å². The normalized spacial score (nSPS) is 18.5. The largest absolute Gasteiger partial charge is 0.369 e. The molecule has 0 aliphatic carbocycles. The molecule has 3 N–H and O–H groups in total. The van der Waals surface area contributed by atoms with Gasteiger partial charge in [0, 0.05) is 50.1 Å². The van der Waals surface area contributed by atoms with Crippen LogP contribution in [0, 0.1) is 6.92 Å². The number of anilines is 2. The molecule has 2 heterocycles. The number of carbonyl (C=O) groups excluding carboxylic acids is 1. The Hall–Kier alpha value is -3.22. The number of likely N-dealkylation sites (tertiary alicyclic amines) is 1. The lowest BCUT2D eigenvalue weighted by atomic mass is 10.2. The Bertz CT molecular complexity index is 952. The Morgan fingerprint density at radius 2 is 1.88 bits per heavy atom. The smallest absolute Gasteiger partial charge is 0.321 e. The number of hydrogen-bond acceptors (Lipinski definition) is 3. The molecule has 7 heteroatoms. The van der Waals surface area contributed by atoms with E-state index in [1.807, 2.05) is 29.2 Å². The number of aryl methyl sites for hydroxylation is 1. The molecule has 7 nitrogen and oxygen atoms in total. The molecule has 2 aromatic carbocycles. The van der Waals surface area contributed by atoms with Gasteiger partial charge in [0.05, 0.1) is 6.54 Å². The second kappa shape index (κ2) is 11.1. The van der Waals surface area contributed by atoms with Crippen LogP contribution in [0.1, 0.15) is 37.3 Å². The molecule has 0 aromatic heterocycles. The minimum absolute atomic E-state index is 0.0116. The van der Waals surface area contributed by atoms with E-state index >= 15 is 0 Å². The van der Waals surface area contributed by atoms with Crippen LogP contribution < -0.4 is 20.9 Å². The molecule has 2 saturated heterocycles. The van der Waals surface area contributed by atoms with Crippen molar-refractivity contribution in [3.05, 3.63) is 59.7 Å². The summed E-state index contributed by atoms with van der Waals surface area (Å²) >= 11 is 0. The fourth-order valence-electron chi connectivity index (χ4n) is 4.42. The van der Waals surface area contributed by atoms with Gasteiger partial charge in [0.2, 0.25) is 0 Å². The molecule has 2 amide bonds. The third kappa shape index (κ3) is 6.40. The van der Waals surface area contributed by atoms with Gasteiger partial charge >= 0.3 is 6.03 Å². The summed E-state index contributed by atoms with van der Waals surface area (Å²) < 4.78 is 0. The highest BCUT2D eigenvalue weighted by Crippen LogP contribution is 2.21. The standard InChI is InChI=1S/C26H36N6O/c1-3-27-25(29-23-13-16-32(19-23)24-11-9-20(2)10-12-24)28-18-21-7-6-8-22(17-21)30-26(33)31-14-4-5-15-31/h6-12,17,23H,3-5,13-16,18-19H2,1-2H3,(H,30,33)(H2,27,28,29). The van der Waals surface area contributed by atoms with Crippen LogP contribution in [0.2, 0.25) is 0 Å². The van der Waals surface area contributed by atoms with Crippen LogP contribution in [-0.2, 0) is 6.54 Å². The second-order valence-electron chi connectivity index (χ2n) is 8.93. The third-order valence-electron chi connectivity index (χ3n) is 6.26.